The molecule has 0 amide bonds. The summed E-state index contributed by atoms with van der Waals surface area (Å²) in [5.41, 5.74) is 2.63. The molecule has 0 bridgehead atoms. The van der Waals surface area contributed by atoms with Crippen LogP contribution >= 0.6 is 0 Å². The first kappa shape index (κ1) is 16.9. The molecule has 3 rings (SSSR count). The lowest BCUT2D eigenvalue weighted by Gasteiger charge is -2.34. The lowest BCUT2D eigenvalue weighted by atomic mass is 10.0. The van der Waals surface area contributed by atoms with E-state index in [0.717, 1.165) is 36.5 Å². The molecule has 1 atom stereocenters. The Hall–Kier alpha value is -2.95. The molecule has 1 saturated heterocycles. The van der Waals surface area contributed by atoms with Gasteiger partial charge in [0.1, 0.15) is 11.9 Å². The van der Waals surface area contributed by atoms with Gasteiger partial charge in [-0.3, -0.25) is 0 Å². The second-order valence-corrected chi connectivity index (χ2v) is 6.21. The van der Waals surface area contributed by atoms with Crippen LogP contribution in [0, 0.1) is 25.2 Å². The number of piperidine rings is 1. The second kappa shape index (κ2) is 6.89. The standard InChI is InChI=1S/C17H20N6O2/c1-11-7-12(2)19-16(14(11)8-18)22-6-4-5-13(9-22)23-10-15(20-21-23)17(24)25-3/h7,10,13H,4-6,9H2,1-3H3. The molecular formula is C17H20N6O2. The van der Waals surface area contributed by atoms with Gasteiger partial charge in [0.05, 0.1) is 24.9 Å². The Bertz CT molecular complexity index is 838. The van der Waals surface area contributed by atoms with Crippen LogP contribution in [0.4, 0.5) is 5.82 Å². The zero-order chi connectivity index (χ0) is 18.0. The average Bonchev–Trinajstić information content (AvgIpc) is 3.11. The number of anilines is 1. The van der Waals surface area contributed by atoms with Gasteiger partial charge in [0.2, 0.25) is 0 Å². The van der Waals surface area contributed by atoms with E-state index in [2.05, 4.69) is 31.0 Å². The van der Waals surface area contributed by atoms with Crippen LogP contribution in [0.15, 0.2) is 12.3 Å². The SMILES string of the molecule is COC(=O)c1cn(C2CCCN(c3nc(C)cc(C)c3C#N)C2)nn1. The Morgan fingerprint density at radius 1 is 1.44 bits per heavy atom. The minimum atomic E-state index is -0.498. The maximum absolute atomic E-state index is 11.6. The van der Waals surface area contributed by atoms with Crippen molar-refractivity contribution in [2.75, 3.05) is 25.1 Å². The van der Waals surface area contributed by atoms with Gasteiger partial charge in [-0.05, 0) is 38.3 Å². The van der Waals surface area contributed by atoms with Crippen LogP contribution in [0.1, 0.15) is 46.2 Å². The van der Waals surface area contributed by atoms with Crippen LogP contribution in [-0.4, -0.2) is 46.1 Å². The Morgan fingerprint density at radius 2 is 2.24 bits per heavy atom. The third-order valence-corrected chi connectivity index (χ3v) is 4.41. The predicted molar refractivity (Wildman–Crippen MR) is 90.3 cm³/mol. The van der Waals surface area contributed by atoms with Gasteiger partial charge in [-0.2, -0.15) is 5.26 Å². The molecule has 0 N–H and O–H groups in total. The molecule has 0 saturated carbocycles. The molecule has 8 nitrogen and oxygen atoms in total. The van der Waals surface area contributed by atoms with Crippen molar-refractivity contribution in [1.29, 1.82) is 5.26 Å². The van der Waals surface area contributed by atoms with Crippen molar-refractivity contribution < 1.29 is 9.53 Å². The summed E-state index contributed by atoms with van der Waals surface area (Å²) in [4.78, 5) is 18.3. The van der Waals surface area contributed by atoms with Crippen molar-refractivity contribution in [3.8, 4) is 6.07 Å². The lowest BCUT2D eigenvalue weighted by Crippen LogP contribution is -2.38. The number of nitrogens with zero attached hydrogens (tertiary/aromatic N) is 6. The molecular weight excluding hydrogens is 320 g/mol. The molecule has 0 aromatic carbocycles. The summed E-state index contributed by atoms with van der Waals surface area (Å²) in [6, 6.07) is 4.25. The maximum Gasteiger partial charge on any atom is 0.360 e. The number of carbonyl (C=O) groups excluding carboxylic acids is 1. The third kappa shape index (κ3) is 3.31. The zero-order valence-corrected chi connectivity index (χ0v) is 14.6. The van der Waals surface area contributed by atoms with Crippen LogP contribution in [0.2, 0.25) is 0 Å². The first-order valence-electron chi connectivity index (χ1n) is 8.17. The van der Waals surface area contributed by atoms with Gasteiger partial charge in [0.25, 0.3) is 0 Å². The van der Waals surface area contributed by atoms with Crippen molar-refractivity contribution in [2.24, 2.45) is 0 Å². The highest BCUT2D eigenvalue weighted by Gasteiger charge is 2.26. The topological polar surface area (TPSA) is 96.9 Å². The Balaban J connectivity index is 1.86. The fourth-order valence-corrected chi connectivity index (χ4v) is 3.20. The monoisotopic (exact) mass is 340 g/mol. The quantitative estimate of drug-likeness (QED) is 0.786. The van der Waals surface area contributed by atoms with E-state index in [1.54, 1.807) is 10.9 Å². The number of aryl methyl sites for hydroxylation is 2. The number of aromatic nitrogens is 4. The number of esters is 1. The number of hydrogen-bond acceptors (Lipinski definition) is 7. The zero-order valence-electron chi connectivity index (χ0n) is 14.6. The molecule has 8 heteroatoms. The number of carbonyl (C=O) groups is 1. The van der Waals surface area contributed by atoms with E-state index in [1.165, 1.54) is 7.11 Å². The molecule has 0 radical (unpaired) electrons. The fraction of sp³-hybridized carbons (Fsp3) is 0.471. The number of hydrogen-bond donors (Lipinski definition) is 0. The van der Waals surface area contributed by atoms with Crippen molar-refractivity contribution in [2.45, 2.75) is 32.7 Å². The number of rotatable bonds is 3. The summed E-state index contributed by atoms with van der Waals surface area (Å²) in [5.74, 6) is 0.222. The van der Waals surface area contributed by atoms with Gasteiger partial charge in [-0.15, -0.1) is 5.10 Å². The summed E-state index contributed by atoms with van der Waals surface area (Å²) in [6.45, 7) is 5.35. The maximum atomic E-state index is 11.6. The Morgan fingerprint density at radius 3 is 2.96 bits per heavy atom. The minimum Gasteiger partial charge on any atom is -0.464 e. The Labute approximate surface area is 146 Å². The number of pyridine rings is 1. The molecule has 2 aromatic rings. The average molecular weight is 340 g/mol. The molecule has 1 aliphatic rings. The van der Waals surface area contributed by atoms with Crippen LogP contribution in [0.3, 0.4) is 0 Å². The lowest BCUT2D eigenvalue weighted by molar-refractivity contribution is 0.0594. The van der Waals surface area contributed by atoms with Gasteiger partial charge in [0, 0.05) is 18.8 Å². The van der Waals surface area contributed by atoms with Gasteiger partial charge in [-0.25, -0.2) is 14.5 Å². The van der Waals surface area contributed by atoms with E-state index in [4.69, 9.17) is 0 Å². The molecule has 0 aliphatic carbocycles. The predicted octanol–water partition coefficient (Wildman–Crippen LogP) is 1.79. The summed E-state index contributed by atoms with van der Waals surface area (Å²) < 4.78 is 6.37. The first-order chi connectivity index (χ1) is 12.0. The second-order valence-electron chi connectivity index (χ2n) is 6.21. The molecule has 1 unspecified atom stereocenters. The van der Waals surface area contributed by atoms with Crippen molar-refractivity contribution in [1.82, 2.24) is 20.0 Å². The minimum absolute atomic E-state index is 0.0637. The summed E-state index contributed by atoms with van der Waals surface area (Å²) in [6.07, 6.45) is 3.48. The van der Waals surface area contributed by atoms with Crippen LogP contribution in [0.5, 0.6) is 0 Å². The molecule has 1 fully saturated rings. The number of methoxy groups -OCH3 is 1. The first-order valence-corrected chi connectivity index (χ1v) is 8.17. The van der Waals surface area contributed by atoms with E-state index in [1.807, 2.05) is 19.9 Å². The van der Waals surface area contributed by atoms with Crippen molar-refractivity contribution in [3.63, 3.8) is 0 Å². The van der Waals surface area contributed by atoms with Gasteiger partial charge in [-0.1, -0.05) is 5.21 Å². The van der Waals surface area contributed by atoms with E-state index >= 15 is 0 Å². The van der Waals surface area contributed by atoms with E-state index in [0.29, 0.717) is 12.1 Å². The normalized spacial score (nSPS) is 17.2. The van der Waals surface area contributed by atoms with Gasteiger partial charge < -0.3 is 9.64 Å². The van der Waals surface area contributed by atoms with Crippen LogP contribution < -0.4 is 4.90 Å². The highest BCUT2D eigenvalue weighted by molar-refractivity contribution is 5.86. The molecule has 0 spiro atoms. The molecule has 1 aliphatic heterocycles. The molecule has 130 valence electrons. The highest BCUT2D eigenvalue weighted by Crippen LogP contribution is 2.28. The van der Waals surface area contributed by atoms with Crippen molar-refractivity contribution >= 4 is 11.8 Å². The van der Waals surface area contributed by atoms with E-state index in [9.17, 15) is 10.1 Å². The molecule has 3 heterocycles. The summed E-state index contributed by atoms with van der Waals surface area (Å²) >= 11 is 0. The van der Waals surface area contributed by atoms with Crippen LogP contribution in [0.25, 0.3) is 0 Å². The van der Waals surface area contributed by atoms with Crippen LogP contribution in [-0.2, 0) is 4.74 Å². The fourth-order valence-electron chi connectivity index (χ4n) is 3.20. The summed E-state index contributed by atoms with van der Waals surface area (Å²) in [7, 11) is 1.32. The van der Waals surface area contributed by atoms with Crippen molar-refractivity contribution in [3.05, 3.63) is 34.8 Å². The van der Waals surface area contributed by atoms with E-state index in [-0.39, 0.29) is 11.7 Å². The van der Waals surface area contributed by atoms with Gasteiger partial charge in [0.15, 0.2) is 5.69 Å². The number of nitriles is 1. The van der Waals surface area contributed by atoms with Gasteiger partial charge >= 0.3 is 5.97 Å². The molecule has 2 aromatic heterocycles. The number of ether oxygens (including phenoxy) is 1. The smallest absolute Gasteiger partial charge is 0.360 e. The third-order valence-electron chi connectivity index (χ3n) is 4.41. The highest BCUT2D eigenvalue weighted by atomic mass is 16.5. The summed E-state index contributed by atoms with van der Waals surface area (Å²) in [5, 5.41) is 17.4. The Kier molecular flexibility index (Phi) is 4.65. The molecule has 25 heavy (non-hydrogen) atoms. The largest absolute Gasteiger partial charge is 0.464 e. The van der Waals surface area contributed by atoms with E-state index < -0.39 is 5.97 Å².